The average Bonchev–Trinajstić information content (AvgIpc) is 3.57. The second-order valence-corrected chi connectivity index (χ2v) is 10.1. The van der Waals surface area contributed by atoms with Crippen LogP contribution in [0.5, 0.6) is 0 Å². The van der Waals surface area contributed by atoms with Crippen molar-refractivity contribution < 1.29 is 9.90 Å². The third-order valence-corrected chi connectivity index (χ3v) is 7.84. The van der Waals surface area contributed by atoms with Crippen LogP contribution in [0.2, 0.25) is 0 Å². The normalized spacial score (nSPS) is 14.2. The Morgan fingerprint density at radius 1 is 1.22 bits per heavy atom. The number of hydrogen-bond acceptors (Lipinski definition) is 8. The number of fused-ring (bicyclic) bond motifs is 1. The van der Waals surface area contributed by atoms with Crippen molar-refractivity contribution in [1.82, 2.24) is 29.8 Å². The second-order valence-electron chi connectivity index (χ2n) is 9.18. The predicted molar refractivity (Wildman–Crippen MR) is 147 cm³/mol. The minimum absolute atomic E-state index is 0.104. The van der Waals surface area contributed by atoms with Gasteiger partial charge in [-0.3, -0.25) is 9.69 Å². The van der Waals surface area contributed by atoms with Gasteiger partial charge in [0.05, 0.1) is 34.6 Å². The van der Waals surface area contributed by atoms with Crippen molar-refractivity contribution in [3.05, 3.63) is 53.7 Å². The molecule has 0 aliphatic carbocycles. The van der Waals surface area contributed by atoms with Gasteiger partial charge in [0.2, 0.25) is 0 Å². The van der Waals surface area contributed by atoms with Crippen molar-refractivity contribution >= 4 is 28.7 Å². The number of aromatic nitrogens is 4. The fraction of sp³-hybridized carbons (Fsp3) is 0.407. The lowest BCUT2D eigenvalue weighted by Crippen LogP contribution is -2.44. The van der Waals surface area contributed by atoms with Crippen molar-refractivity contribution in [2.75, 3.05) is 44.2 Å². The van der Waals surface area contributed by atoms with Gasteiger partial charge in [-0.25, -0.2) is 14.5 Å². The van der Waals surface area contributed by atoms with Crippen LogP contribution in [0, 0.1) is 0 Å². The summed E-state index contributed by atoms with van der Waals surface area (Å²) in [6.07, 6.45) is 5.68. The molecule has 0 aromatic carbocycles. The average molecular weight is 520 g/mol. The van der Waals surface area contributed by atoms with Crippen molar-refractivity contribution in [1.29, 1.82) is 0 Å². The number of anilines is 1. The van der Waals surface area contributed by atoms with Crippen LogP contribution in [0.4, 0.5) is 5.82 Å². The van der Waals surface area contributed by atoms with Gasteiger partial charge in [-0.1, -0.05) is 19.9 Å². The third-order valence-electron chi connectivity index (χ3n) is 6.95. The molecule has 194 valence electrons. The monoisotopic (exact) mass is 519 g/mol. The van der Waals surface area contributed by atoms with Crippen LogP contribution >= 0.6 is 11.3 Å². The molecule has 10 heteroatoms. The highest BCUT2D eigenvalue weighted by atomic mass is 32.1. The molecule has 1 saturated heterocycles. The number of carbonyl (C=O) groups excluding carboxylic acids is 1. The number of aliphatic hydroxyl groups is 1. The zero-order chi connectivity index (χ0) is 25.8. The van der Waals surface area contributed by atoms with E-state index in [4.69, 9.17) is 9.97 Å². The lowest BCUT2D eigenvalue weighted by Gasteiger charge is -2.32. The summed E-state index contributed by atoms with van der Waals surface area (Å²) in [6.45, 7) is 8.07. The highest BCUT2D eigenvalue weighted by Gasteiger charge is 2.22. The Kier molecular flexibility index (Phi) is 7.78. The Balaban J connectivity index is 1.46. The van der Waals surface area contributed by atoms with E-state index in [0.29, 0.717) is 30.0 Å². The Morgan fingerprint density at radius 3 is 2.76 bits per heavy atom. The van der Waals surface area contributed by atoms with E-state index in [9.17, 15) is 9.90 Å². The first kappa shape index (κ1) is 25.3. The molecule has 5 rings (SSSR count). The standard InChI is InChI=1S/C27H33N7O2S/c1-3-20(32(4-2)12-13-35)17-28-27(36)19-15-23(30-25(16-19)33-9-6-10-33)21-18-29-34-11-8-22(31-26(21)34)24-7-5-14-37-24/h5,7-8,11,14-16,18,20,35H,3-4,6,9-10,12-13,17H2,1-2H3,(H,28,36). The molecule has 1 aliphatic rings. The van der Waals surface area contributed by atoms with Crippen molar-refractivity contribution in [3.8, 4) is 21.8 Å². The molecular weight excluding hydrogens is 486 g/mol. The van der Waals surface area contributed by atoms with Crippen LogP contribution < -0.4 is 10.2 Å². The summed E-state index contributed by atoms with van der Waals surface area (Å²) in [7, 11) is 0. The van der Waals surface area contributed by atoms with E-state index in [1.165, 1.54) is 0 Å². The topological polar surface area (TPSA) is 98.9 Å². The third kappa shape index (κ3) is 5.36. The summed E-state index contributed by atoms with van der Waals surface area (Å²) in [5.74, 6) is 0.665. The maximum atomic E-state index is 13.3. The van der Waals surface area contributed by atoms with Crippen LogP contribution in [0.1, 0.15) is 37.0 Å². The van der Waals surface area contributed by atoms with Gasteiger partial charge in [0, 0.05) is 44.0 Å². The predicted octanol–water partition coefficient (Wildman–Crippen LogP) is 3.55. The molecule has 4 aromatic rings. The number of carbonyl (C=O) groups is 1. The summed E-state index contributed by atoms with van der Waals surface area (Å²) in [5, 5.41) is 19.0. The van der Waals surface area contributed by atoms with Crippen LogP contribution in [0.15, 0.2) is 48.1 Å². The van der Waals surface area contributed by atoms with E-state index in [1.54, 1.807) is 22.0 Å². The molecule has 1 fully saturated rings. The number of rotatable bonds is 11. The second kappa shape index (κ2) is 11.4. The van der Waals surface area contributed by atoms with E-state index in [2.05, 4.69) is 40.1 Å². The van der Waals surface area contributed by atoms with E-state index in [0.717, 1.165) is 54.4 Å². The van der Waals surface area contributed by atoms with E-state index in [-0.39, 0.29) is 18.6 Å². The smallest absolute Gasteiger partial charge is 0.251 e. The maximum absolute atomic E-state index is 13.3. The van der Waals surface area contributed by atoms with Gasteiger partial charge in [0.15, 0.2) is 5.65 Å². The minimum atomic E-state index is -0.132. The van der Waals surface area contributed by atoms with Gasteiger partial charge < -0.3 is 15.3 Å². The number of aliphatic hydroxyl groups excluding tert-OH is 1. The Morgan fingerprint density at radius 2 is 2.08 bits per heavy atom. The first-order valence-electron chi connectivity index (χ1n) is 12.9. The zero-order valence-corrected chi connectivity index (χ0v) is 22.1. The first-order valence-corrected chi connectivity index (χ1v) is 13.8. The molecule has 9 nitrogen and oxygen atoms in total. The van der Waals surface area contributed by atoms with Gasteiger partial charge in [0.25, 0.3) is 5.91 Å². The van der Waals surface area contributed by atoms with Gasteiger partial charge >= 0.3 is 0 Å². The molecule has 1 aliphatic heterocycles. The molecule has 0 spiro atoms. The Labute approximate surface area is 220 Å². The maximum Gasteiger partial charge on any atom is 0.251 e. The molecule has 5 heterocycles. The SMILES string of the molecule is CCC(CNC(=O)c1cc(-c2cnn3ccc(-c4cccs4)nc23)nc(N2CCC2)c1)N(CC)CCO. The first-order chi connectivity index (χ1) is 18.1. The van der Waals surface area contributed by atoms with Gasteiger partial charge in [-0.05, 0) is 49.0 Å². The van der Waals surface area contributed by atoms with Crippen molar-refractivity contribution in [2.24, 2.45) is 0 Å². The largest absolute Gasteiger partial charge is 0.395 e. The summed E-state index contributed by atoms with van der Waals surface area (Å²) in [4.78, 5) is 28.6. The molecule has 1 amide bonds. The van der Waals surface area contributed by atoms with Crippen molar-refractivity contribution in [2.45, 2.75) is 32.7 Å². The zero-order valence-electron chi connectivity index (χ0n) is 21.3. The molecule has 1 atom stereocenters. The lowest BCUT2D eigenvalue weighted by molar-refractivity contribution is 0.0925. The summed E-state index contributed by atoms with van der Waals surface area (Å²) < 4.78 is 1.75. The molecule has 0 radical (unpaired) electrons. The Bertz CT molecular complexity index is 1350. The van der Waals surface area contributed by atoms with Gasteiger partial charge in [0.1, 0.15) is 5.82 Å². The number of hydrogen-bond donors (Lipinski definition) is 2. The number of amides is 1. The van der Waals surface area contributed by atoms with Crippen molar-refractivity contribution in [3.63, 3.8) is 0 Å². The Hall–Kier alpha value is -3.34. The number of nitrogens with one attached hydrogen (secondary N) is 1. The molecule has 37 heavy (non-hydrogen) atoms. The van der Waals surface area contributed by atoms with E-state index < -0.39 is 0 Å². The summed E-state index contributed by atoms with van der Waals surface area (Å²) in [5.41, 5.74) is 3.64. The fourth-order valence-electron chi connectivity index (χ4n) is 4.68. The summed E-state index contributed by atoms with van der Waals surface area (Å²) >= 11 is 1.64. The van der Waals surface area contributed by atoms with E-state index >= 15 is 0 Å². The lowest BCUT2D eigenvalue weighted by atomic mass is 10.1. The highest BCUT2D eigenvalue weighted by molar-refractivity contribution is 7.13. The van der Waals surface area contributed by atoms with Gasteiger partial charge in [-0.15, -0.1) is 11.3 Å². The van der Waals surface area contributed by atoms with Gasteiger partial charge in [-0.2, -0.15) is 5.10 Å². The summed E-state index contributed by atoms with van der Waals surface area (Å²) in [6, 6.07) is 9.89. The quantitative estimate of drug-likeness (QED) is 0.313. The van der Waals surface area contributed by atoms with Crippen LogP contribution in [-0.4, -0.2) is 80.9 Å². The number of pyridine rings is 1. The minimum Gasteiger partial charge on any atom is -0.395 e. The molecule has 0 bridgehead atoms. The van der Waals surface area contributed by atoms with E-state index in [1.807, 2.05) is 35.8 Å². The number of likely N-dealkylation sites (N-methyl/N-ethyl adjacent to an activating group) is 1. The fourth-order valence-corrected chi connectivity index (χ4v) is 5.37. The number of thiophene rings is 1. The molecule has 4 aromatic heterocycles. The molecular formula is C27H33N7O2S. The van der Waals surface area contributed by atoms with Crippen LogP contribution in [0.3, 0.4) is 0 Å². The molecule has 1 unspecified atom stereocenters. The highest BCUT2D eigenvalue weighted by Crippen LogP contribution is 2.30. The van der Waals surface area contributed by atoms with Crippen LogP contribution in [-0.2, 0) is 0 Å². The number of nitrogens with zero attached hydrogens (tertiary/aromatic N) is 6. The van der Waals surface area contributed by atoms with Crippen LogP contribution in [0.25, 0.3) is 27.5 Å². The molecule has 0 saturated carbocycles. The molecule has 2 N–H and O–H groups in total.